The van der Waals surface area contributed by atoms with Gasteiger partial charge >= 0.3 is 6.18 Å². The highest BCUT2D eigenvalue weighted by atomic mass is 19.4. The van der Waals surface area contributed by atoms with Crippen LogP contribution in [-0.4, -0.2) is 21.1 Å². The Morgan fingerprint density at radius 2 is 2.00 bits per heavy atom. The molecule has 4 nitrogen and oxygen atoms in total. The molecule has 2 rings (SSSR count). The summed E-state index contributed by atoms with van der Waals surface area (Å²) in [6.45, 7) is 0. The molecule has 17 heavy (non-hydrogen) atoms. The van der Waals surface area contributed by atoms with Crippen LogP contribution in [0.25, 0.3) is 5.82 Å². The second kappa shape index (κ2) is 4.00. The minimum atomic E-state index is -4.41. The van der Waals surface area contributed by atoms with Crippen molar-refractivity contribution in [2.24, 2.45) is 0 Å². The highest BCUT2D eigenvalue weighted by Crippen LogP contribution is 2.28. The third kappa shape index (κ3) is 2.32. The van der Waals surface area contributed by atoms with E-state index >= 15 is 0 Å². The van der Waals surface area contributed by atoms with Gasteiger partial charge in [-0.05, 0) is 12.1 Å². The third-order valence-corrected chi connectivity index (χ3v) is 2.05. The first-order valence-electron chi connectivity index (χ1n) is 4.54. The van der Waals surface area contributed by atoms with Crippen LogP contribution in [0, 0.1) is 0 Å². The molecular weight excluding hydrogens is 235 g/mol. The Morgan fingerprint density at radius 3 is 2.47 bits per heavy atom. The monoisotopic (exact) mass is 241 g/mol. The minimum Gasteiger partial charge on any atom is -0.298 e. The van der Waals surface area contributed by atoms with Crippen molar-refractivity contribution in [1.82, 2.24) is 14.8 Å². The highest BCUT2D eigenvalue weighted by molar-refractivity contribution is 5.73. The van der Waals surface area contributed by atoms with Crippen LogP contribution >= 0.6 is 0 Å². The van der Waals surface area contributed by atoms with Gasteiger partial charge in [-0.25, -0.2) is 9.67 Å². The molecule has 2 heterocycles. The molecule has 0 aliphatic heterocycles. The highest BCUT2D eigenvalue weighted by Gasteiger charge is 2.30. The molecule has 0 unspecified atom stereocenters. The topological polar surface area (TPSA) is 47.8 Å². The molecule has 88 valence electrons. The van der Waals surface area contributed by atoms with Crippen LogP contribution in [0.1, 0.15) is 15.9 Å². The van der Waals surface area contributed by atoms with Crippen LogP contribution < -0.4 is 0 Å². The average Bonchev–Trinajstić information content (AvgIpc) is 2.76. The zero-order valence-corrected chi connectivity index (χ0v) is 8.35. The van der Waals surface area contributed by atoms with E-state index in [0.29, 0.717) is 11.8 Å². The molecule has 0 aliphatic carbocycles. The Bertz CT molecular complexity index is 530. The van der Waals surface area contributed by atoms with Crippen molar-refractivity contribution in [3.63, 3.8) is 0 Å². The summed E-state index contributed by atoms with van der Waals surface area (Å²) in [6.07, 6.45) is -0.427. The van der Waals surface area contributed by atoms with Gasteiger partial charge in [0.05, 0.1) is 17.3 Å². The molecule has 0 amide bonds. The number of halogens is 3. The smallest absolute Gasteiger partial charge is 0.298 e. The Balaban J connectivity index is 2.32. The van der Waals surface area contributed by atoms with Gasteiger partial charge in [-0.2, -0.15) is 18.3 Å². The molecule has 0 atom stereocenters. The Labute approximate surface area is 93.7 Å². The first-order valence-corrected chi connectivity index (χ1v) is 4.54. The van der Waals surface area contributed by atoms with E-state index in [-0.39, 0.29) is 5.82 Å². The standard InChI is InChI=1S/C10H6F3N3O/c11-10(12,13)8-1-2-9(14-4-8)16-5-7(6-17)3-15-16/h1-6H. The van der Waals surface area contributed by atoms with Crippen molar-refractivity contribution in [2.45, 2.75) is 6.18 Å². The molecule has 0 bridgehead atoms. The van der Waals surface area contributed by atoms with Crippen LogP contribution in [0.5, 0.6) is 0 Å². The molecule has 0 aromatic carbocycles. The number of alkyl halides is 3. The van der Waals surface area contributed by atoms with Crippen molar-refractivity contribution < 1.29 is 18.0 Å². The van der Waals surface area contributed by atoms with E-state index in [1.807, 2.05) is 0 Å². The fourth-order valence-corrected chi connectivity index (χ4v) is 1.21. The lowest BCUT2D eigenvalue weighted by Gasteiger charge is -2.06. The number of hydrogen-bond donors (Lipinski definition) is 0. The van der Waals surface area contributed by atoms with Crippen molar-refractivity contribution in [1.29, 1.82) is 0 Å². The van der Waals surface area contributed by atoms with Crippen LogP contribution in [0.2, 0.25) is 0 Å². The van der Waals surface area contributed by atoms with E-state index in [1.165, 1.54) is 23.1 Å². The van der Waals surface area contributed by atoms with Crippen LogP contribution in [0.4, 0.5) is 13.2 Å². The molecule has 0 radical (unpaired) electrons. The summed E-state index contributed by atoms with van der Waals surface area (Å²) in [5.74, 6) is 0.214. The van der Waals surface area contributed by atoms with Gasteiger partial charge in [0, 0.05) is 12.4 Å². The molecule has 2 aromatic rings. The minimum absolute atomic E-state index is 0.214. The maximum atomic E-state index is 12.3. The Kier molecular flexibility index (Phi) is 2.66. The summed E-state index contributed by atoms with van der Waals surface area (Å²) in [7, 11) is 0. The fourth-order valence-electron chi connectivity index (χ4n) is 1.21. The maximum absolute atomic E-state index is 12.3. The average molecular weight is 241 g/mol. The predicted octanol–water partition coefficient (Wildman–Crippen LogP) is 2.10. The largest absolute Gasteiger partial charge is 0.417 e. The lowest BCUT2D eigenvalue weighted by atomic mass is 10.3. The molecule has 0 aliphatic rings. The van der Waals surface area contributed by atoms with E-state index in [4.69, 9.17) is 0 Å². The van der Waals surface area contributed by atoms with Crippen molar-refractivity contribution in [3.05, 3.63) is 41.9 Å². The van der Waals surface area contributed by atoms with E-state index < -0.39 is 11.7 Å². The summed E-state index contributed by atoms with van der Waals surface area (Å²) in [6, 6.07) is 2.09. The van der Waals surface area contributed by atoms with Gasteiger partial charge in [-0.3, -0.25) is 4.79 Å². The molecule has 0 fully saturated rings. The van der Waals surface area contributed by atoms with Gasteiger partial charge in [-0.15, -0.1) is 0 Å². The second-order valence-corrected chi connectivity index (χ2v) is 3.24. The molecule has 0 saturated carbocycles. The predicted molar refractivity (Wildman–Crippen MR) is 51.7 cm³/mol. The number of nitrogens with zero attached hydrogens (tertiary/aromatic N) is 3. The van der Waals surface area contributed by atoms with Gasteiger partial charge in [0.1, 0.15) is 0 Å². The SMILES string of the molecule is O=Cc1cnn(-c2ccc(C(F)(F)F)cn2)c1. The van der Waals surface area contributed by atoms with Crippen molar-refractivity contribution in [3.8, 4) is 5.82 Å². The van der Waals surface area contributed by atoms with Crippen LogP contribution in [-0.2, 0) is 6.18 Å². The van der Waals surface area contributed by atoms with Crippen LogP contribution in [0.15, 0.2) is 30.7 Å². The normalized spacial score (nSPS) is 11.5. The first-order chi connectivity index (χ1) is 8.00. The molecule has 0 N–H and O–H groups in total. The quantitative estimate of drug-likeness (QED) is 0.756. The molecule has 0 saturated heterocycles. The second-order valence-electron chi connectivity index (χ2n) is 3.24. The van der Waals surface area contributed by atoms with Crippen LogP contribution in [0.3, 0.4) is 0 Å². The number of rotatable bonds is 2. The van der Waals surface area contributed by atoms with Gasteiger partial charge in [0.2, 0.25) is 0 Å². The number of hydrogen-bond acceptors (Lipinski definition) is 3. The van der Waals surface area contributed by atoms with E-state index in [2.05, 4.69) is 10.1 Å². The fraction of sp³-hybridized carbons (Fsp3) is 0.100. The van der Waals surface area contributed by atoms with Gasteiger partial charge < -0.3 is 0 Å². The van der Waals surface area contributed by atoms with Gasteiger partial charge in [0.15, 0.2) is 12.1 Å². The summed E-state index contributed by atoms with van der Waals surface area (Å²) in [5.41, 5.74) is -0.504. The molecular formula is C10H6F3N3O. The summed E-state index contributed by atoms with van der Waals surface area (Å²) in [4.78, 5) is 14.0. The lowest BCUT2D eigenvalue weighted by Crippen LogP contribution is -2.06. The van der Waals surface area contributed by atoms with E-state index in [9.17, 15) is 18.0 Å². The lowest BCUT2D eigenvalue weighted by molar-refractivity contribution is -0.137. The number of carbonyl (C=O) groups is 1. The Hall–Kier alpha value is -2.18. The summed E-state index contributed by atoms with van der Waals surface area (Å²) < 4.78 is 38.0. The molecule has 7 heteroatoms. The number of pyridine rings is 1. The zero-order valence-electron chi connectivity index (χ0n) is 8.35. The first kappa shape index (κ1) is 11.3. The number of carbonyl (C=O) groups excluding carboxylic acids is 1. The third-order valence-electron chi connectivity index (χ3n) is 2.05. The Morgan fingerprint density at radius 1 is 1.24 bits per heavy atom. The number of aromatic nitrogens is 3. The van der Waals surface area contributed by atoms with Gasteiger partial charge in [-0.1, -0.05) is 0 Å². The molecule has 0 spiro atoms. The van der Waals surface area contributed by atoms with Gasteiger partial charge in [0.25, 0.3) is 0 Å². The van der Waals surface area contributed by atoms with Crippen molar-refractivity contribution >= 4 is 6.29 Å². The summed E-state index contributed by atoms with van der Waals surface area (Å²) >= 11 is 0. The maximum Gasteiger partial charge on any atom is 0.417 e. The van der Waals surface area contributed by atoms with E-state index in [0.717, 1.165) is 12.3 Å². The van der Waals surface area contributed by atoms with Crippen molar-refractivity contribution in [2.75, 3.05) is 0 Å². The summed E-state index contributed by atoms with van der Waals surface area (Å²) in [5, 5.41) is 3.79. The number of aldehydes is 1. The van der Waals surface area contributed by atoms with E-state index in [1.54, 1.807) is 0 Å². The zero-order chi connectivity index (χ0) is 12.5. The molecule has 2 aromatic heterocycles.